The van der Waals surface area contributed by atoms with Gasteiger partial charge < -0.3 is 9.84 Å². The number of aliphatic hydroxyl groups is 1. The second-order valence-electron chi connectivity index (χ2n) is 9.01. The second-order valence-corrected chi connectivity index (χ2v) is 9.01. The van der Waals surface area contributed by atoms with Crippen LogP contribution in [0.4, 0.5) is 17.6 Å². The first-order valence-electron chi connectivity index (χ1n) is 11.4. The number of halogens is 4. The Bertz CT molecular complexity index is 1180. The molecular formula is C26H27F4N2O3+. The van der Waals surface area contributed by atoms with Crippen molar-refractivity contribution >= 4 is 5.97 Å². The summed E-state index contributed by atoms with van der Waals surface area (Å²) in [5.74, 6) is -5.42. The van der Waals surface area contributed by atoms with Crippen molar-refractivity contribution in [1.82, 2.24) is 4.57 Å². The monoisotopic (exact) mass is 491 g/mol. The van der Waals surface area contributed by atoms with Crippen LogP contribution in [-0.2, 0) is 28.2 Å². The molecule has 1 aromatic heterocycles. The lowest BCUT2D eigenvalue weighted by Gasteiger charge is -2.32. The maximum atomic E-state index is 13.9. The Hall–Kier alpha value is -3.20. The summed E-state index contributed by atoms with van der Waals surface area (Å²) in [6, 6.07) is 11.4. The molecule has 1 fully saturated rings. The fourth-order valence-electron chi connectivity index (χ4n) is 4.71. The highest BCUT2D eigenvalue weighted by molar-refractivity contribution is 5.81. The number of carbonyl (C=O) groups is 1. The molecule has 3 aromatic rings. The van der Waals surface area contributed by atoms with Gasteiger partial charge in [-0.25, -0.2) is 31.5 Å². The molecule has 0 bridgehead atoms. The van der Waals surface area contributed by atoms with Gasteiger partial charge in [0.1, 0.15) is 43.7 Å². The molecule has 0 spiro atoms. The lowest BCUT2D eigenvalue weighted by molar-refractivity contribution is -0.694. The van der Waals surface area contributed by atoms with E-state index in [4.69, 9.17) is 4.74 Å². The molecule has 0 unspecified atom stereocenters. The number of alkyl halides is 2. The zero-order valence-electron chi connectivity index (χ0n) is 19.3. The summed E-state index contributed by atoms with van der Waals surface area (Å²) in [6.45, 7) is 2.20. The summed E-state index contributed by atoms with van der Waals surface area (Å²) in [5, 5.41) is 11.4. The highest BCUT2D eigenvalue weighted by Gasteiger charge is 2.54. The fourth-order valence-corrected chi connectivity index (χ4v) is 4.71. The van der Waals surface area contributed by atoms with Gasteiger partial charge in [-0.1, -0.05) is 30.3 Å². The van der Waals surface area contributed by atoms with Crippen LogP contribution in [0.3, 0.4) is 0 Å². The summed E-state index contributed by atoms with van der Waals surface area (Å²) in [7, 11) is 0. The molecule has 1 heterocycles. The quantitative estimate of drug-likeness (QED) is 0.291. The maximum Gasteiger partial charge on any atom is 0.343 e. The van der Waals surface area contributed by atoms with E-state index < -0.39 is 47.9 Å². The van der Waals surface area contributed by atoms with Crippen LogP contribution in [0.15, 0.2) is 60.9 Å². The number of nitrogens with zero attached hydrogens (tertiary/aromatic N) is 2. The SMILES string of the molecule is Cc1n(CCOC(=O)[C@](O)(c2ccccc2)[C@@H]2CCC(F)(F)C2)cc[n+]1Cc1cc(F)cc(F)c1. The van der Waals surface area contributed by atoms with Crippen LogP contribution in [0.25, 0.3) is 0 Å². The van der Waals surface area contributed by atoms with Gasteiger partial charge in [-0.3, -0.25) is 0 Å². The van der Waals surface area contributed by atoms with Crippen molar-refractivity contribution < 1.29 is 36.8 Å². The largest absolute Gasteiger partial charge is 0.459 e. The highest BCUT2D eigenvalue weighted by atomic mass is 19.3. The number of benzene rings is 2. The van der Waals surface area contributed by atoms with E-state index in [9.17, 15) is 27.5 Å². The van der Waals surface area contributed by atoms with E-state index >= 15 is 0 Å². The first kappa shape index (κ1) is 24.9. The van der Waals surface area contributed by atoms with Crippen LogP contribution < -0.4 is 4.57 Å². The molecular weight excluding hydrogens is 464 g/mol. The molecule has 2 aromatic carbocycles. The average Bonchev–Trinajstić information content (AvgIpc) is 3.35. The molecule has 1 aliphatic carbocycles. The number of hydrogen-bond acceptors (Lipinski definition) is 3. The molecule has 35 heavy (non-hydrogen) atoms. The van der Waals surface area contributed by atoms with Gasteiger partial charge in [-0.2, -0.15) is 0 Å². The molecule has 0 radical (unpaired) electrons. The summed E-state index contributed by atoms with van der Waals surface area (Å²) in [4.78, 5) is 13.0. The van der Waals surface area contributed by atoms with Gasteiger partial charge in [0.25, 0.3) is 5.82 Å². The van der Waals surface area contributed by atoms with Gasteiger partial charge >= 0.3 is 5.97 Å². The normalized spacial score (nSPS) is 18.9. The third-order valence-electron chi connectivity index (χ3n) is 6.62. The molecule has 1 aliphatic rings. The molecule has 0 saturated heterocycles. The van der Waals surface area contributed by atoms with Crippen LogP contribution in [-0.4, -0.2) is 28.2 Å². The van der Waals surface area contributed by atoms with Gasteiger partial charge in [-0.15, -0.1) is 0 Å². The summed E-state index contributed by atoms with van der Waals surface area (Å²) in [6.07, 6.45) is 2.49. The van der Waals surface area contributed by atoms with E-state index in [0.717, 1.165) is 11.9 Å². The Morgan fingerprint density at radius 1 is 1.20 bits per heavy atom. The Kier molecular flexibility index (Phi) is 6.98. The van der Waals surface area contributed by atoms with E-state index in [1.807, 2.05) is 0 Å². The van der Waals surface area contributed by atoms with Gasteiger partial charge in [0.15, 0.2) is 5.60 Å². The number of hydrogen-bond donors (Lipinski definition) is 1. The fraction of sp³-hybridized carbons (Fsp3) is 0.385. The Morgan fingerprint density at radius 3 is 2.51 bits per heavy atom. The predicted molar refractivity (Wildman–Crippen MR) is 118 cm³/mol. The van der Waals surface area contributed by atoms with Gasteiger partial charge in [0.2, 0.25) is 5.92 Å². The van der Waals surface area contributed by atoms with Crippen LogP contribution in [0.5, 0.6) is 0 Å². The standard InChI is InChI=1S/C26H27F4N2O3/c1-18-31(9-10-32(18)17-19-13-22(27)15-23(28)14-19)11-12-35-24(33)26(34,20-5-3-2-4-6-20)21-7-8-25(29,30)16-21/h2-6,9-10,13-15,21,34H,7-8,11-12,16-17H2,1H3/q+1/t21-,26+/m1/s1. The van der Waals surface area contributed by atoms with Crippen LogP contribution >= 0.6 is 0 Å². The average molecular weight is 492 g/mol. The first-order valence-corrected chi connectivity index (χ1v) is 11.4. The maximum absolute atomic E-state index is 13.9. The summed E-state index contributed by atoms with van der Waals surface area (Å²) >= 11 is 0. The molecule has 0 aliphatic heterocycles. The van der Waals surface area contributed by atoms with Crippen LogP contribution in [0, 0.1) is 24.5 Å². The molecule has 2 atom stereocenters. The second kappa shape index (κ2) is 9.81. The Labute approximate surface area is 200 Å². The minimum Gasteiger partial charge on any atom is -0.459 e. The zero-order chi connectivity index (χ0) is 25.2. The van der Waals surface area contributed by atoms with Crippen molar-refractivity contribution in [2.45, 2.75) is 50.8 Å². The summed E-state index contributed by atoms with van der Waals surface area (Å²) < 4.78 is 63.8. The first-order chi connectivity index (χ1) is 16.6. The summed E-state index contributed by atoms with van der Waals surface area (Å²) in [5.41, 5.74) is -1.49. The van der Waals surface area contributed by atoms with E-state index in [1.165, 1.54) is 24.3 Å². The molecule has 0 amide bonds. The van der Waals surface area contributed by atoms with Gasteiger partial charge in [-0.05, 0) is 29.7 Å². The van der Waals surface area contributed by atoms with Crippen molar-refractivity contribution in [1.29, 1.82) is 0 Å². The van der Waals surface area contributed by atoms with E-state index in [-0.39, 0.29) is 31.7 Å². The zero-order valence-corrected chi connectivity index (χ0v) is 19.3. The van der Waals surface area contributed by atoms with Crippen molar-refractivity contribution in [2.24, 2.45) is 5.92 Å². The Balaban J connectivity index is 1.44. The van der Waals surface area contributed by atoms with Crippen LogP contribution in [0.2, 0.25) is 0 Å². The van der Waals surface area contributed by atoms with E-state index in [2.05, 4.69) is 0 Å². The molecule has 4 rings (SSSR count). The number of aromatic nitrogens is 2. The molecule has 1 N–H and O–H groups in total. The number of rotatable bonds is 8. The number of imidazole rings is 1. The number of carbonyl (C=O) groups excluding carboxylic acids is 1. The molecule has 9 heteroatoms. The lowest BCUT2D eigenvalue weighted by atomic mass is 9.80. The van der Waals surface area contributed by atoms with Gasteiger partial charge in [0, 0.05) is 31.7 Å². The topological polar surface area (TPSA) is 55.3 Å². The van der Waals surface area contributed by atoms with Crippen LogP contribution in [0.1, 0.15) is 36.2 Å². The van der Waals surface area contributed by atoms with E-state index in [1.54, 1.807) is 46.7 Å². The number of ether oxygens (including phenoxy) is 1. The minimum absolute atomic E-state index is 0.00484. The van der Waals surface area contributed by atoms with E-state index in [0.29, 0.717) is 5.56 Å². The van der Waals surface area contributed by atoms with Crippen molar-refractivity contribution in [3.63, 3.8) is 0 Å². The Morgan fingerprint density at radius 2 is 1.89 bits per heavy atom. The molecule has 186 valence electrons. The lowest BCUT2D eigenvalue weighted by Crippen LogP contribution is -2.44. The minimum atomic E-state index is -2.94. The third-order valence-corrected chi connectivity index (χ3v) is 6.62. The predicted octanol–water partition coefficient (Wildman–Crippen LogP) is 4.28. The van der Waals surface area contributed by atoms with Gasteiger partial charge in [0.05, 0.1) is 0 Å². The van der Waals surface area contributed by atoms with Crippen molar-refractivity contribution in [3.8, 4) is 0 Å². The molecule has 1 saturated carbocycles. The smallest absolute Gasteiger partial charge is 0.343 e. The highest BCUT2D eigenvalue weighted by Crippen LogP contribution is 2.47. The van der Waals surface area contributed by atoms with Crippen molar-refractivity contribution in [3.05, 3.63) is 89.5 Å². The third kappa shape index (κ3) is 5.40. The van der Waals surface area contributed by atoms with Crippen molar-refractivity contribution in [2.75, 3.05) is 6.61 Å². The number of esters is 1. The molecule has 5 nitrogen and oxygen atoms in total.